The lowest BCUT2D eigenvalue weighted by molar-refractivity contribution is 0.368. The summed E-state index contributed by atoms with van der Waals surface area (Å²) in [5.74, 6) is 0.708. The van der Waals surface area contributed by atoms with Gasteiger partial charge < -0.3 is 10.1 Å². The van der Waals surface area contributed by atoms with Crippen LogP contribution in [0.25, 0.3) is 0 Å². The van der Waals surface area contributed by atoms with Crippen molar-refractivity contribution in [1.82, 2.24) is 0 Å². The van der Waals surface area contributed by atoms with Crippen LogP contribution in [0.1, 0.15) is 5.56 Å². The molecule has 0 bridgehead atoms. The van der Waals surface area contributed by atoms with Gasteiger partial charge in [0.15, 0.2) is 6.61 Å². The Morgan fingerprint density at radius 3 is 2.50 bits per heavy atom. The maximum Gasteiger partial charge on any atom is 0.174 e. The molecule has 2 rings (SSSR count). The molecule has 0 saturated carbocycles. The fraction of sp³-hybridized carbons (Fsp3) is 0.133. The smallest absolute Gasteiger partial charge is 0.174 e. The molecule has 0 unspecified atom stereocenters. The van der Waals surface area contributed by atoms with E-state index in [1.807, 2.05) is 48.5 Å². The molecule has 0 aromatic heterocycles. The third kappa shape index (κ3) is 4.26. The van der Waals surface area contributed by atoms with Crippen LogP contribution in [0.15, 0.2) is 51.4 Å². The van der Waals surface area contributed by atoms with Gasteiger partial charge in [0, 0.05) is 21.2 Å². The van der Waals surface area contributed by atoms with Crippen molar-refractivity contribution in [2.75, 3.05) is 11.9 Å². The first-order valence-corrected chi connectivity index (χ1v) is 7.55. The Morgan fingerprint density at radius 2 is 1.85 bits per heavy atom. The van der Waals surface area contributed by atoms with Gasteiger partial charge in [-0.3, -0.25) is 0 Å². The number of ether oxygens (including phenoxy) is 1. The van der Waals surface area contributed by atoms with Gasteiger partial charge >= 0.3 is 0 Å². The number of halogens is 2. The second kappa shape index (κ2) is 7.32. The number of nitrogens with zero attached hydrogens (tertiary/aromatic N) is 1. The molecular weight excluding hydrogens is 384 g/mol. The zero-order chi connectivity index (χ0) is 14.4. The standard InChI is InChI=1S/C15H12Br2N2O/c16-12-3-6-15(14(17)9-12)19-10-11-1-4-13(5-2-11)20-8-7-18/h1-6,9,19H,8,10H2. The zero-order valence-corrected chi connectivity index (χ0v) is 13.7. The minimum Gasteiger partial charge on any atom is -0.479 e. The van der Waals surface area contributed by atoms with Gasteiger partial charge in [-0.2, -0.15) is 5.26 Å². The third-order valence-electron chi connectivity index (χ3n) is 2.64. The summed E-state index contributed by atoms with van der Waals surface area (Å²) in [5, 5.41) is 11.8. The van der Waals surface area contributed by atoms with Gasteiger partial charge in [0.05, 0.1) is 0 Å². The van der Waals surface area contributed by atoms with E-state index in [1.54, 1.807) is 0 Å². The van der Waals surface area contributed by atoms with Crippen molar-refractivity contribution in [2.24, 2.45) is 0 Å². The Kier molecular flexibility index (Phi) is 5.45. The molecule has 102 valence electrons. The number of benzene rings is 2. The molecule has 1 N–H and O–H groups in total. The normalized spacial score (nSPS) is 9.85. The van der Waals surface area contributed by atoms with Crippen LogP contribution in [0.5, 0.6) is 5.75 Å². The van der Waals surface area contributed by atoms with Gasteiger partial charge in [0.1, 0.15) is 11.8 Å². The molecule has 3 nitrogen and oxygen atoms in total. The lowest BCUT2D eigenvalue weighted by Crippen LogP contribution is -2.00. The molecule has 0 aliphatic heterocycles. The molecule has 0 fully saturated rings. The highest BCUT2D eigenvalue weighted by Crippen LogP contribution is 2.26. The highest BCUT2D eigenvalue weighted by atomic mass is 79.9. The van der Waals surface area contributed by atoms with E-state index in [2.05, 4.69) is 37.2 Å². The van der Waals surface area contributed by atoms with Gasteiger partial charge in [-0.05, 0) is 51.8 Å². The highest BCUT2D eigenvalue weighted by Gasteiger charge is 2.01. The predicted molar refractivity (Wildman–Crippen MR) is 86.7 cm³/mol. The highest BCUT2D eigenvalue weighted by molar-refractivity contribution is 9.11. The molecule has 2 aromatic carbocycles. The second-order valence-electron chi connectivity index (χ2n) is 4.07. The van der Waals surface area contributed by atoms with Crippen molar-refractivity contribution < 1.29 is 4.74 Å². The minimum atomic E-state index is 0.0729. The molecule has 0 aliphatic carbocycles. The van der Waals surface area contributed by atoms with Crippen LogP contribution < -0.4 is 10.1 Å². The van der Waals surface area contributed by atoms with Crippen molar-refractivity contribution in [3.8, 4) is 11.8 Å². The summed E-state index contributed by atoms with van der Waals surface area (Å²) in [6, 6.07) is 15.6. The van der Waals surface area contributed by atoms with E-state index in [9.17, 15) is 0 Å². The van der Waals surface area contributed by atoms with Crippen LogP contribution in [0.4, 0.5) is 5.69 Å². The van der Waals surface area contributed by atoms with Crippen LogP contribution >= 0.6 is 31.9 Å². The van der Waals surface area contributed by atoms with Gasteiger partial charge in [0.2, 0.25) is 0 Å². The molecule has 0 heterocycles. The number of hydrogen-bond donors (Lipinski definition) is 1. The van der Waals surface area contributed by atoms with Crippen LogP contribution in [-0.2, 0) is 6.54 Å². The van der Waals surface area contributed by atoms with E-state index >= 15 is 0 Å². The first-order valence-electron chi connectivity index (χ1n) is 5.96. The summed E-state index contributed by atoms with van der Waals surface area (Å²) < 4.78 is 7.26. The quantitative estimate of drug-likeness (QED) is 0.796. The van der Waals surface area contributed by atoms with Crippen molar-refractivity contribution in [3.63, 3.8) is 0 Å². The van der Waals surface area contributed by atoms with E-state index in [0.717, 1.165) is 26.7 Å². The molecule has 0 saturated heterocycles. The largest absolute Gasteiger partial charge is 0.479 e. The van der Waals surface area contributed by atoms with Crippen molar-refractivity contribution in [3.05, 3.63) is 57.0 Å². The van der Waals surface area contributed by atoms with E-state index in [1.165, 1.54) is 0 Å². The first kappa shape index (κ1) is 14.9. The fourth-order valence-electron chi connectivity index (χ4n) is 1.65. The van der Waals surface area contributed by atoms with Crippen LogP contribution in [-0.4, -0.2) is 6.61 Å². The summed E-state index contributed by atoms with van der Waals surface area (Å²) in [4.78, 5) is 0. The summed E-state index contributed by atoms with van der Waals surface area (Å²) >= 11 is 6.94. The SMILES string of the molecule is N#CCOc1ccc(CNc2ccc(Br)cc2Br)cc1. The monoisotopic (exact) mass is 394 g/mol. The summed E-state index contributed by atoms with van der Waals surface area (Å²) in [5.41, 5.74) is 2.18. The van der Waals surface area contributed by atoms with E-state index < -0.39 is 0 Å². The molecular formula is C15H12Br2N2O. The Hall–Kier alpha value is -1.51. The lowest BCUT2D eigenvalue weighted by Gasteiger charge is -2.09. The number of nitriles is 1. The summed E-state index contributed by atoms with van der Waals surface area (Å²) in [7, 11) is 0. The zero-order valence-electron chi connectivity index (χ0n) is 10.6. The van der Waals surface area contributed by atoms with E-state index in [0.29, 0.717) is 5.75 Å². The van der Waals surface area contributed by atoms with Crippen molar-refractivity contribution in [1.29, 1.82) is 5.26 Å². The van der Waals surface area contributed by atoms with Gasteiger partial charge in [-0.15, -0.1) is 0 Å². The lowest BCUT2D eigenvalue weighted by atomic mass is 10.2. The molecule has 0 radical (unpaired) electrons. The predicted octanol–water partition coefficient (Wildman–Crippen LogP) is 4.73. The molecule has 5 heteroatoms. The molecule has 20 heavy (non-hydrogen) atoms. The van der Waals surface area contributed by atoms with E-state index in [4.69, 9.17) is 10.00 Å². The molecule has 0 spiro atoms. The first-order chi connectivity index (χ1) is 9.69. The summed E-state index contributed by atoms with van der Waals surface area (Å²) in [6.07, 6.45) is 0. The van der Waals surface area contributed by atoms with Crippen LogP contribution in [0.3, 0.4) is 0 Å². The maximum absolute atomic E-state index is 8.45. The fourth-order valence-corrected chi connectivity index (χ4v) is 2.84. The van der Waals surface area contributed by atoms with Crippen LogP contribution in [0, 0.1) is 11.3 Å². The second-order valence-corrected chi connectivity index (χ2v) is 5.84. The topological polar surface area (TPSA) is 45.0 Å². The maximum atomic E-state index is 8.45. The Bertz CT molecular complexity index is 621. The summed E-state index contributed by atoms with van der Waals surface area (Å²) in [6.45, 7) is 0.794. The molecule has 0 aliphatic rings. The average Bonchev–Trinajstić information content (AvgIpc) is 2.45. The molecule has 2 aromatic rings. The third-order valence-corrected chi connectivity index (χ3v) is 3.79. The molecule has 0 amide bonds. The van der Waals surface area contributed by atoms with Crippen molar-refractivity contribution in [2.45, 2.75) is 6.54 Å². The molecule has 0 atom stereocenters. The van der Waals surface area contributed by atoms with Gasteiger partial charge in [0.25, 0.3) is 0 Å². The average molecular weight is 396 g/mol. The Labute approximate surface area is 134 Å². The number of hydrogen-bond acceptors (Lipinski definition) is 3. The number of anilines is 1. The van der Waals surface area contributed by atoms with E-state index in [-0.39, 0.29) is 6.61 Å². The Morgan fingerprint density at radius 1 is 1.10 bits per heavy atom. The number of nitrogens with one attached hydrogen (secondary N) is 1. The van der Waals surface area contributed by atoms with Crippen molar-refractivity contribution >= 4 is 37.5 Å². The van der Waals surface area contributed by atoms with Gasteiger partial charge in [-0.1, -0.05) is 28.1 Å². The Balaban J connectivity index is 1.95. The van der Waals surface area contributed by atoms with Gasteiger partial charge in [-0.25, -0.2) is 0 Å². The van der Waals surface area contributed by atoms with Crippen LogP contribution in [0.2, 0.25) is 0 Å². The minimum absolute atomic E-state index is 0.0729. The number of rotatable bonds is 5.